The van der Waals surface area contributed by atoms with Crippen LogP contribution in [0.25, 0.3) is 0 Å². The van der Waals surface area contributed by atoms with Crippen LogP contribution >= 0.6 is 15.9 Å². The van der Waals surface area contributed by atoms with E-state index in [1.807, 2.05) is 13.8 Å². The fourth-order valence-electron chi connectivity index (χ4n) is 2.33. The average Bonchev–Trinajstić information content (AvgIpc) is 2.60. The number of sulfone groups is 1. The van der Waals surface area contributed by atoms with E-state index in [1.165, 1.54) is 0 Å². The summed E-state index contributed by atoms with van der Waals surface area (Å²) in [5, 5.41) is 11.2. The Morgan fingerprint density at radius 2 is 1.64 bits per heavy atom. The quantitative estimate of drug-likeness (QED) is 0.729. The third kappa shape index (κ3) is 4.36. The van der Waals surface area contributed by atoms with E-state index in [2.05, 4.69) is 36.4 Å². The summed E-state index contributed by atoms with van der Waals surface area (Å²) in [6, 6.07) is 6.65. The van der Waals surface area contributed by atoms with Gasteiger partial charge in [0.05, 0.1) is 21.0 Å². The number of hydrogen-bond donors (Lipinski definition) is 1. The SMILES string of the molecule is CCc1nnc(NCC(C)(C)S(=O)(=O)c2ccc(Br)cc2)nc1CC. The molecule has 0 spiro atoms. The molecule has 0 bridgehead atoms. The molecule has 1 heterocycles. The van der Waals surface area contributed by atoms with Gasteiger partial charge in [-0.3, -0.25) is 0 Å². The second-order valence-electron chi connectivity index (χ2n) is 6.31. The van der Waals surface area contributed by atoms with Gasteiger partial charge in [0.15, 0.2) is 9.84 Å². The predicted octanol–water partition coefficient (Wildman–Crippen LogP) is 3.42. The van der Waals surface area contributed by atoms with E-state index in [0.717, 1.165) is 28.7 Å². The van der Waals surface area contributed by atoms with E-state index >= 15 is 0 Å². The zero-order valence-corrected chi connectivity index (χ0v) is 17.3. The topological polar surface area (TPSA) is 84.8 Å². The Hall–Kier alpha value is -1.54. The van der Waals surface area contributed by atoms with Gasteiger partial charge in [-0.05, 0) is 51.0 Å². The van der Waals surface area contributed by atoms with Crippen molar-refractivity contribution in [1.82, 2.24) is 15.2 Å². The van der Waals surface area contributed by atoms with Gasteiger partial charge in [0.25, 0.3) is 0 Å². The van der Waals surface area contributed by atoms with Crippen LogP contribution < -0.4 is 5.32 Å². The number of nitrogens with one attached hydrogen (secondary N) is 1. The summed E-state index contributed by atoms with van der Waals surface area (Å²) in [5.74, 6) is 0.355. The van der Waals surface area contributed by atoms with Crippen molar-refractivity contribution >= 4 is 31.7 Å². The Morgan fingerprint density at radius 1 is 1.04 bits per heavy atom. The van der Waals surface area contributed by atoms with Crippen molar-refractivity contribution in [3.63, 3.8) is 0 Å². The first-order valence-electron chi connectivity index (χ1n) is 8.17. The maximum Gasteiger partial charge on any atom is 0.243 e. The predicted molar refractivity (Wildman–Crippen MR) is 102 cm³/mol. The number of benzene rings is 1. The lowest BCUT2D eigenvalue weighted by atomic mass is 10.2. The Labute approximate surface area is 157 Å². The van der Waals surface area contributed by atoms with Crippen molar-refractivity contribution in [2.24, 2.45) is 0 Å². The molecule has 25 heavy (non-hydrogen) atoms. The monoisotopic (exact) mass is 426 g/mol. The summed E-state index contributed by atoms with van der Waals surface area (Å²) in [5.41, 5.74) is 1.75. The number of rotatable bonds is 7. The van der Waals surface area contributed by atoms with Gasteiger partial charge >= 0.3 is 0 Å². The first kappa shape index (κ1) is 19.8. The molecular weight excluding hydrogens is 404 g/mol. The third-order valence-corrected chi connectivity index (χ3v) is 7.05. The van der Waals surface area contributed by atoms with Crippen molar-refractivity contribution in [3.05, 3.63) is 40.1 Å². The largest absolute Gasteiger partial charge is 0.351 e. The lowest BCUT2D eigenvalue weighted by Crippen LogP contribution is -2.39. The smallest absolute Gasteiger partial charge is 0.243 e. The molecule has 0 unspecified atom stereocenters. The van der Waals surface area contributed by atoms with Crippen molar-refractivity contribution in [1.29, 1.82) is 0 Å². The number of aryl methyl sites for hydroxylation is 2. The van der Waals surface area contributed by atoms with Crippen LogP contribution in [0.4, 0.5) is 5.95 Å². The fraction of sp³-hybridized carbons (Fsp3) is 0.471. The van der Waals surface area contributed by atoms with Gasteiger partial charge in [-0.15, -0.1) is 5.10 Å². The van der Waals surface area contributed by atoms with E-state index in [9.17, 15) is 8.42 Å². The van der Waals surface area contributed by atoms with Crippen molar-refractivity contribution in [2.75, 3.05) is 11.9 Å². The molecule has 0 aliphatic carbocycles. The van der Waals surface area contributed by atoms with Gasteiger partial charge in [-0.2, -0.15) is 5.10 Å². The van der Waals surface area contributed by atoms with Gasteiger partial charge in [0, 0.05) is 11.0 Å². The van der Waals surface area contributed by atoms with Gasteiger partial charge in [-0.1, -0.05) is 29.8 Å². The van der Waals surface area contributed by atoms with E-state index in [0.29, 0.717) is 5.95 Å². The molecule has 0 radical (unpaired) electrons. The van der Waals surface area contributed by atoms with E-state index in [-0.39, 0.29) is 11.4 Å². The van der Waals surface area contributed by atoms with E-state index < -0.39 is 14.6 Å². The number of hydrogen-bond acceptors (Lipinski definition) is 6. The Bertz CT molecular complexity index is 836. The molecule has 2 rings (SSSR count). The highest BCUT2D eigenvalue weighted by molar-refractivity contribution is 9.10. The molecule has 0 fully saturated rings. The molecule has 136 valence electrons. The molecule has 0 amide bonds. The van der Waals surface area contributed by atoms with Crippen LogP contribution in [0.2, 0.25) is 0 Å². The van der Waals surface area contributed by atoms with Gasteiger partial charge < -0.3 is 5.32 Å². The molecule has 1 aromatic carbocycles. The summed E-state index contributed by atoms with van der Waals surface area (Å²) in [6.45, 7) is 7.57. The first-order chi connectivity index (χ1) is 11.7. The highest BCUT2D eigenvalue weighted by Gasteiger charge is 2.35. The number of aromatic nitrogens is 3. The molecule has 0 saturated heterocycles. The Kier molecular flexibility index (Phi) is 6.16. The summed E-state index contributed by atoms with van der Waals surface area (Å²) in [6.07, 6.45) is 1.53. The van der Waals surface area contributed by atoms with Crippen LogP contribution in [-0.4, -0.2) is 34.9 Å². The fourth-order valence-corrected chi connectivity index (χ4v) is 3.99. The molecule has 2 aromatic rings. The molecule has 6 nitrogen and oxygen atoms in total. The third-order valence-electron chi connectivity index (χ3n) is 4.03. The number of halogens is 1. The van der Waals surface area contributed by atoms with Crippen LogP contribution in [0.3, 0.4) is 0 Å². The van der Waals surface area contributed by atoms with Crippen LogP contribution in [-0.2, 0) is 22.7 Å². The zero-order valence-electron chi connectivity index (χ0n) is 14.9. The first-order valence-corrected chi connectivity index (χ1v) is 10.5. The molecule has 0 atom stereocenters. The van der Waals surface area contributed by atoms with Gasteiger partial charge in [-0.25, -0.2) is 13.4 Å². The van der Waals surface area contributed by atoms with Crippen molar-refractivity contribution in [3.8, 4) is 0 Å². The Balaban J connectivity index is 2.19. The molecule has 1 N–H and O–H groups in total. The van der Waals surface area contributed by atoms with Crippen LogP contribution in [0.1, 0.15) is 39.1 Å². The van der Waals surface area contributed by atoms with Crippen LogP contribution in [0.15, 0.2) is 33.6 Å². The maximum absolute atomic E-state index is 12.9. The lowest BCUT2D eigenvalue weighted by molar-refractivity contribution is 0.552. The van der Waals surface area contributed by atoms with E-state index in [1.54, 1.807) is 38.1 Å². The lowest BCUT2D eigenvalue weighted by Gasteiger charge is -2.25. The Morgan fingerprint density at radius 3 is 2.20 bits per heavy atom. The summed E-state index contributed by atoms with van der Waals surface area (Å²) >= 11 is 3.32. The minimum atomic E-state index is -3.51. The van der Waals surface area contributed by atoms with Crippen molar-refractivity contribution < 1.29 is 8.42 Å². The summed E-state index contributed by atoms with van der Waals surface area (Å²) in [7, 11) is -3.51. The maximum atomic E-state index is 12.9. The van der Waals surface area contributed by atoms with Crippen LogP contribution in [0.5, 0.6) is 0 Å². The summed E-state index contributed by atoms with van der Waals surface area (Å²) in [4.78, 5) is 4.73. The molecule has 1 aromatic heterocycles. The van der Waals surface area contributed by atoms with E-state index in [4.69, 9.17) is 0 Å². The molecule has 0 saturated carbocycles. The van der Waals surface area contributed by atoms with Crippen molar-refractivity contribution in [2.45, 2.75) is 50.2 Å². The minimum Gasteiger partial charge on any atom is -0.351 e. The molecule has 0 aliphatic heterocycles. The number of nitrogens with zero attached hydrogens (tertiary/aromatic N) is 3. The standard InChI is InChI=1S/C17H23BrN4O2S/c1-5-14-15(6-2)21-22-16(20-14)19-11-17(3,4)25(23,24)13-9-7-12(18)8-10-13/h7-10H,5-6,11H2,1-4H3,(H,19,20,22). The number of anilines is 1. The second-order valence-corrected chi connectivity index (χ2v) is 9.81. The normalized spacial score (nSPS) is 12.2. The molecule has 0 aliphatic rings. The van der Waals surface area contributed by atoms with Gasteiger partial charge in [0.1, 0.15) is 0 Å². The molecule has 8 heteroatoms. The van der Waals surface area contributed by atoms with Crippen LogP contribution in [0, 0.1) is 0 Å². The minimum absolute atomic E-state index is 0.182. The summed E-state index contributed by atoms with van der Waals surface area (Å²) < 4.78 is 25.6. The highest BCUT2D eigenvalue weighted by atomic mass is 79.9. The zero-order chi connectivity index (χ0) is 18.7. The highest BCUT2D eigenvalue weighted by Crippen LogP contribution is 2.26. The second kappa shape index (κ2) is 7.78. The molecular formula is C17H23BrN4O2S. The van der Waals surface area contributed by atoms with Gasteiger partial charge in [0.2, 0.25) is 5.95 Å². The average molecular weight is 427 g/mol.